The van der Waals surface area contributed by atoms with Gasteiger partial charge in [-0.05, 0) is 32.0 Å². The summed E-state index contributed by atoms with van der Waals surface area (Å²) in [5.41, 5.74) is 6.23. The molecule has 2 rings (SSSR count). The number of hydrogen-bond acceptors (Lipinski definition) is 6. The highest BCUT2D eigenvalue weighted by Crippen LogP contribution is 2.18. The highest BCUT2D eigenvalue weighted by molar-refractivity contribution is 7.92. The van der Waals surface area contributed by atoms with Crippen LogP contribution in [0.3, 0.4) is 0 Å². The fourth-order valence-corrected chi connectivity index (χ4v) is 2.34. The van der Waals surface area contributed by atoms with E-state index in [-0.39, 0.29) is 16.5 Å². The Hall–Kier alpha value is -2.29. The van der Waals surface area contributed by atoms with Gasteiger partial charge in [-0.25, -0.2) is 22.5 Å². The number of hydrogen-bond donors (Lipinski definition) is 2. The molecular formula is C11H12FN5O2S. The van der Waals surface area contributed by atoms with Gasteiger partial charge in [0.15, 0.2) is 0 Å². The number of benzene rings is 1. The maximum Gasteiger partial charge on any atom is 0.264 e. The average Bonchev–Trinajstić information content (AvgIpc) is 2.37. The molecule has 0 atom stereocenters. The van der Waals surface area contributed by atoms with E-state index in [4.69, 9.17) is 5.73 Å². The van der Waals surface area contributed by atoms with Gasteiger partial charge in [-0.1, -0.05) is 0 Å². The Bertz CT molecular complexity index is 763. The first-order chi connectivity index (χ1) is 9.29. The smallest absolute Gasteiger partial charge is 0.264 e. The van der Waals surface area contributed by atoms with Gasteiger partial charge in [0.2, 0.25) is 0 Å². The van der Waals surface area contributed by atoms with Gasteiger partial charge in [-0.15, -0.1) is 5.10 Å². The van der Waals surface area contributed by atoms with Gasteiger partial charge >= 0.3 is 0 Å². The molecule has 0 spiro atoms. The molecule has 0 aliphatic rings. The molecule has 7 nitrogen and oxygen atoms in total. The van der Waals surface area contributed by atoms with Crippen molar-refractivity contribution in [3.8, 4) is 0 Å². The maximum atomic E-state index is 13.0. The van der Waals surface area contributed by atoms with Gasteiger partial charge in [0.25, 0.3) is 16.0 Å². The van der Waals surface area contributed by atoms with Crippen LogP contribution in [0, 0.1) is 19.7 Å². The third-order valence-corrected chi connectivity index (χ3v) is 3.92. The number of nitrogens with zero attached hydrogens (tertiary/aromatic N) is 3. The van der Waals surface area contributed by atoms with Crippen molar-refractivity contribution in [2.75, 3.05) is 10.5 Å². The number of halogens is 1. The standard InChI is InChI=1S/C11H12FN5O2S/c1-6-7(2)15-16-11(14-6)17-20(18,19)8-3-4-9(12)10(13)5-8/h3-5H,13H2,1-2H3,(H,14,16,17). The molecule has 0 saturated heterocycles. The Labute approximate surface area is 115 Å². The zero-order valence-corrected chi connectivity index (χ0v) is 11.6. The molecule has 20 heavy (non-hydrogen) atoms. The molecule has 0 amide bonds. The molecule has 106 valence electrons. The topological polar surface area (TPSA) is 111 Å². The quantitative estimate of drug-likeness (QED) is 0.818. The molecule has 0 aliphatic carbocycles. The molecule has 0 saturated carbocycles. The van der Waals surface area contributed by atoms with Crippen LogP contribution in [0.1, 0.15) is 11.4 Å². The normalized spacial score (nSPS) is 11.3. The van der Waals surface area contributed by atoms with E-state index in [9.17, 15) is 12.8 Å². The van der Waals surface area contributed by atoms with Gasteiger partial charge in [-0.2, -0.15) is 5.10 Å². The zero-order chi connectivity index (χ0) is 14.9. The Morgan fingerprint density at radius 2 is 1.90 bits per heavy atom. The summed E-state index contributed by atoms with van der Waals surface area (Å²) in [7, 11) is -3.94. The molecule has 0 bridgehead atoms. The van der Waals surface area contributed by atoms with Crippen LogP contribution in [0.25, 0.3) is 0 Å². The average molecular weight is 297 g/mol. The second kappa shape index (κ2) is 5.00. The van der Waals surface area contributed by atoms with E-state index < -0.39 is 15.8 Å². The Balaban J connectivity index is 2.35. The lowest BCUT2D eigenvalue weighted by molar-refractivity contribution is 0.599. The van der Waals surface area contributed by atoms with Gasteiger partial charge in [-0.3, -0.25) is 0 Å². The largest absolute Gasteiger partial charge is 0.396 e. The predicted octanol–water partition coefficient (Wildman–Crippen LogP) is 1.01. The van der Waals surface area contributed by atoms with Crippen LogP contribution in [-0.4, -0.2) is 23.6 Å². The summed E-state index contributed by atoms with van der Waals surface area (Å²) >= 11 is 0. The number of nitrogens with one attached hydrogen (secondary N) is 1. The van der Waals surface area contributed by atoms with Gasteiger partial charge in [0.05, 0.1) is 22.0 Å². The van der Waals surface area contributed by atoms with Crippen molar-refractivity contribution in [3.05, 3.63) is 35.4 Å². The first-order valence-electron chi connectivity index (χ1n) is 5.55. The molecule has 2 aromatic rings. The molecule has 9 heteroatoms. The number of anilines is 2. The highest BCUT2D eigenvalue weighted by atomic mass is 32.2. The van der Waals surface area contributed by atoms with Crippen LogP contribution < -0.4 is 10.5 Å². The minimum atomic E-state index is -3.94. The summed E-state index contributed by atoms with van der Waals surface area (Å²) in [6.45, 7) is 3.38. The molecule has 0 unspecified atom stereocenters. The van der Waals surface area contributed by atoms with Gasteiger partial charge in [0.1, 0.15) is 5.82 Å². The van der Waals surface area contributed by atoms with E-state index >= 15 is 0 Å². The van der Waals surface area contributed by atoms with E-state index in [1.807, 2.05) is 0 Å². The summed E-state index contributed by atoms with van der Waals surface area (Å²) in [5.74, 6) is -0.843. The number of nitrogen functional groups attached to an aromatic ring is 1. The Kier molecular flexibility index (Phi) is 3.53. The number of aromatic nitrogens is 3. The van der Waals surface area contributed by atoms with Crippen molar-refractivity contribution in [3.63, 3.8) is 0 Å². The molecule has 0 radical (unpaired) electrons. The van der Waals surface area contributed by atoms with Crippen molar-refractivity contribution < 1.29 is 12.8 Å². The second-order valence-corrected chi connectivity index (χ2v) is 5.78. The van der Waals surface area contributed by atoms with E-state index in [0.29, 0.717) is 11.4 Å². The second-order valence-electron chi connectivity index (χ2n) is 4.10. The van der Waals surface area contributed by atoms with Crippen LogP contribution in [0.4, 0.5) is 16.0 Å². The van der Waals surface area contributed by atoms with Gasteiger partial charge in [0, 0.05) is 0 Å². The van der Waals surface area contributed by atoms with E-state index in [0.717, 1.165) is 18.2 Å². The van der Waals surface area contributed by atoms with Crippen LogP contribution in [-0.2, 0) is 10.0 Å². The summed E-state index contributed by atoms with van der Waals surface area (Å²) in [4.78, 5) is 3.77. The minimum absolute atomic E-state index is 0.156. The molecule has 3 N–H and O–H groups in total. The Morgan fingerprint density at radius 3 is 2.50 bits per heavy atom. The number of rotatable bonds is 3. The molecule has 1 heterocycles. The number of aryl methyl sites for hydroxylation is 2. The van der Waals surface area contributed by atoms with Crippen molar-refractivity contribution in [2.24, 2.45) is 0 Å². The molecule has 1 aromatic heterocycles. The fraction of sp³-hybridized carbons (Fsp3) is 0.182. The van der Waals surface area contributed by atoms with Crippen molar-refractivity contribution in [1.82, 2.24) is 15.2 Å². The monoisotopic (exact) mass is 297 g/mol. The highest BCUT2D eigenvalue weighted by Gasteiger charge is 2.17. The van der Waals surface area contributed by atoms with Crippen LogP contribution in [0.2, 0.25) is 0 Å². The summed E-state index contributed by atoms with van der Waals surface area (Å²) < 4.78 is 39.3. The SMILES string of the molecule is Cc1nnc(NS(=O)(=O)c2ccc(F)c(N)c2)nc1C. The summed E-state index contributed by atoms with van der Waals surface area (Å²) in [6, 6.07) is 3.10. The van der Waals surface area contributed by atoms with Crippen LogP contribution >= 0.6 is 0 Å². The summed E-state index contributed by atoms with van der Waals surface area (Å²) in [5, 5.41) is 7.40. The predicted molar refractivity (Wildman–Crippen MR) is 70.9 cm³/mol. The van der Waals surface area contributed by atoms with E-state index in [1.165, 1.54) is 0 Å². The molecule has 0 aliphatic heterocycles. The number of nitrogens with two attached hydrogens (primary N) is 1. The molecule has 0 fully saturated rings. The van der Waals surface area contributed by atoms with E-state index in [2.05, 4.69) is 19.9 Å². The fourth-order valence-electron chi connectivity index (χ4n) is 1.37. The van der Waals surface area contributed by atoms with E-state index in [1.54, 1.807) is 13.8 Å². The lowest BCUT2D eigenvalue weighted by Crippen LogP contribution is -2.16. The molecule has 1 aromatic carbocycles. The maximum absolute atomic E-state index is 13.0. The lowest BCUT2D eigenvalue weighted by atomic mass is 10.3. The Morgan fingerprint density at radius 1 is 1.20 bits per heavy atom. The van der Waals surface area contributed by atoms with Crippen molar-refractivity contribution in [2.45, 2.75) is 18.7 Å². The van der Waals surface area contributed by atoms with Crippen molar-refractivity contribution >= 4 is 21.7 Å². The minimum Gasteiger partial charge on any atom is -0.396 e. The third kappa shape index (κ3) is 2.82. The van der Waals surface area contributed by atoms with Crippen LogP contribution in [0.5, 0.6) is 0 Å². The first-order valence-corrected chi connectivity index (χ1v) is 7.03. The van der Waals surface area contributed by atoms with Gasteiger partial charge < -0.3 is 5.73 Å². The zero-order valence-electron chi connectivity index (χ0n) is 10.8. The third-order valence-electron chi connectivity index (χ3n) is 2.60. The molecular weight excluding hydrogens is 285 g/mol. The lowest BCUT2D eigenvalue weighted by Gasteiger charge is -2.08. The van der Waals surface area contributed by atoms with Crippen LogP contribution in [0.15, 0.2) is 23.1 Å². The first kappa shape index (κ1) is 14.1. The van der Waals surface area contributed by atoms with Crippen molar-refractivity contribution in [1.29, 1.82) is 0 Å². The summed E-state index contributed by atoms with van der Waals surface area (Å²) in [6.07, 6.45) is 0. The number of sulfonamides is 1.